The number of piperazine rings is 1. The average Bonchev–Trinajstić information content (AvgIpc) is 2.88. The summed E-state index contributed by atoms with van der Waals surface area (Å²) in [5.74, 6) is 1.44. The normalized spacial score (nSPS) is 17.5. The summed E-state index contributed by atoms with van der Waals surface area (Å²) in [5, 5.41) is 0. The molecule has 0 radical (unpaired) electrons. The summed E-state index contributed by atoms with van der Waals surface area (Å²) in [6.07, 6.45) is 3.90. The Kier molecular flexibility index (Phi) is 5.24. The molecule has 0 unspecified atom stereocenters. The number of carbonyl (C=O) groups is 2. The molecule has 27 heavy (non-hydrogen) atoms. The Balaban J connectivity index is 1.42. The maximum absolute atomic E-state index is 12.9. The van der Waals surface area contributed by atoms with Gasteiger partial charge < -0.3 is 14.7 Å². The fourth-order valence-electron chi connectivity index (χ4n) is 3.34. The van der Waals surface area contributed by atoms with E-state index < -0.39 is 0 Å². The third-order valence-electron chi connectivity index (χ3n) is 4.79. The highest BCUT2D eigenvalue weighted by molar-refractivity contribution is 7.99. The van der Waals surface area contributed by atoms with Crippen molar-refractivity contribution in [3.63, 3.8) is 0 Å². The molecule has 2 aliphatic rings. The van der Waals surface area contributed by atoms with Gasteiger partial charge in [0.1, 0.15) is 6.54 Å². The predicted octanol–water partition coefficient (Wildman–Crippen LogP) is 1.65. The third kappa shape index (κ3) is 3.90. The van der Waals surface area contributed by atoms with Crippen molar-refractivity contribution in [2.45, 2.75) is 11.3 Å². The van der Waals surface area contributed by atoms with Crippen molar-refractivity contribution in [2.75, 3.05) is 48.3 Å². The Morgan fingerprint density at radius 1 is 1.04 bits per heavy atom. The van der Waals surface area contributed by atoms with Gasteiger partial charge in [0.2, 0.25) is 17.8 Å². The Bertz CT molecular complexity index is 824. The van der Waals surface area contributed by atoms with Gasteiger partial charge in [0.25, 0.3) is 0 Å². The maximum atomic E-state index is 12.9. The second kappa shape index (κ2) is 7.96. The summed E-state index contributed by atoms with van der Waals surface area (Å²) in [6.45, 7) is 2.69. The molecule has 4 rings (SSSR count). The van der Waals surface area contributed by atoms with Crippen molar-refractivity contribution < 1.29 is 9.59 Å². The van der Waals surface area contributed by atoms with E-state index in [1.165, 1.54) is 0 Å². The van der Waals surface area contributed by atoms with Crippen LogP contribution in [0, 0.1) is 0 Å². The van der Waals surface area contributed by atoms with Crippen LogP contribution in [0.5, 0.6) is 0 Å². The lowest BCUT2D eigenvalue weighted by molar-refractivity contribution is -0.131. The highest BCUT2D eigenvalue weighted by Gasteiger charge is 2.28. The number of hydrogen-bond acceptors (Lipinski definition) is 6. The van der Waals surface area contributed by atoms with Gasteiger partial charge in [-0.05, 0) is 18.2 Å². The quantitative estimate of drug-likeness (QED) is 0.803. The molecule has 3 heterocycles. The first-order valence-corrected chi connectivity index (χ1v) is 10.0. The minimum atomic E-state index is -0.0151. The van der Waals surface area contributed by atoms with E-state index in [1.807, 2.05) is 29.2 Å². The van der Waals surface area contributed by atoms with Crippen molar-refractivity contribution in [1.29, 1.82) is 0 Å². The number of anilines is 2. The molecule has 1 aromatic carbocycles. The molecule has 140 valence electrons. The zero-order valence-corrected chi connectivity index (χ0v) is 15.8. The van der Waals surface area contributed by atoms with E-state index in [2.05, 4.69) is 14.9 Å². The van der Waals surface area contributed by atoms with Gasteiger partial charge in [0.15, 0.2) is 0 Å². The number of benzene rings is 1. The molecule has 2 aromatic rings. The van der Waals surface area contributed by atoms with Gasteiger partial charge >= 0.3 is 0 Å². The van der Waals surface area contributed by atoms with Crippen molar-refractivity contribution in [2.24, 2.45) is 0 Å². The van der Waals surface area contributed by atoms with Crippen LogP contribution >= 0.6 is 11.8 Å². The lowest BCUT2D eigenvalue weighted by atomic mass is 10.2. The Morgan fingerprint density at radius 2 is 1.78 bits per heavy atom. The molecule has 0 saturated carbocycles. The standard InChI is InChI=1S/C19H21N5O2S/c25-17-6-13-27-16-5-2-1-4-15(16)24(17)14-18(26)22-9-11-23(12-10-22)19-20-7-3-8-21-19/h1-5,7-8H,6,9-14H2. The molecule has 8 heteroatoms. The largest absolute Gasteiger partial charge is 0.338 e. The first kappa shape index (κ1) is 17.8. The molecule has 1 fully saturated rings. The fraction of sp³-hybridized carbons (Fsp3) is 0.368. The van der Waals surface area contributed by atoms with Gasteiger partial charge in [-0.2, -0.15) is 0 Å². The van der Waals surface area contributed by atoms with Gasteiger partial charge in [0, 0.05) is 55.6 Å². The first-order valence-electron chi connectivity index (χ1n) is 9.04. The summed E-state index contributed by atoms with van der Waals surface area (Å²) in [6, 6.07) is 9.59. The first-order chi connectivity index (χ1) is 13.2. The predicted molar refractivity (Wildman–Crippen MR) is 105 cm³/mol. The average molecular weight is 383 g/mol. The van der Waals surface area contributed by atoms with Crippen LogP contribution in [0.4, 0.5) is 11.6 Å². The number of aromatic nitrogens is 2. The molecule has 0 aliphatic carbocycles. The van der Waals surface area contributed by atoms with Gasteiger partial charge in [0.05, 0.1) is 5.69 Å². The van der Waals surface area contributed by atoms with E-state index in [0.29, 0.717) is 38.5 Å². The van der Waals surface area contributed by atoms with Crippen LogP contribution in [0.15, 0.2) is 47.6 Å². The van der Waals surface area contributed by atoms with Crippen molar-refractivity contribution in [1.82, 2.24) is 14.9 Å². The minimum absolute atomic E-state index is 0.0112. The van der Waals surface area contributed by atoms with E-state index in [1.54, 1.807) is 35.1 Å². The monoisotopic (exact) mass is 383 g/mol. The summed E-state index contributed by atoms with van der Waals surface area (Å²) < 4.78 is 0. The number of fused-ring (bicyclic) bond motifs is 1. The smallest absolute Gasteiger partial charge is 0.242 e. The maximum Gasteiger partial charge on any atom is 0.242 e. The SMILES string of the molecule is O=C(CN1C(=O)CCSc2ccccc21)N1CCN(c2ncccn2)CC1. The summed E-state index contributed by atoms with van der Waals surface area (Å²) in [7, 11) is 0. The zero-order chi connectivity index (χ0) is 18.6. The second-order valence-corrected chi connectivity index (χ2v) is 7.60. The minimum Gasteiger partial charge on any atom is -0.338 e. The molecule has 0 bridgehead atoms. The van der Waals surface area contributed by atoms with Crippen LogP contribution in [-0.2, 0) is 9.59 Å². The zero-order valence-electron chi connectivity index (χ0n) is 15.0. The van der Waals surface area contributed by atoms with E-state index in [-0.39, 0.29) is 18.4 Å². The van der Waals surface area contributed by atoms with Crippen molar-refractivity contribution in [3.8, 4) is 0 Å². The molecular formula is C19H21N5O2S. The lowest BCUT2D eigenvalue weighted by Crippen LogP contribution is -2.52. The molecule has 7 nitrogen and oxygen atoms in total. The Morgan fingerprint density at radius 3 is 2.56 bits per heavy atom. The van der Waals surface area contributed by atoms with Gasteiger partial charge in [-0.3, -0.25) is 9.59 Å². The van der Waals surface area contributed by atoms with Crippen molar-refractivity contribution in [3.05, 3.63) is 42.7 Å². The highest BCUT2D eigenvalue weighted by Crippen LogP contribution is 2.33. The topological polar surface area (TPSA) is 69.6 Å². The molecule has 2 amide bonds. The van der Waals surface area contributed by atoms with Crippen LogP contribution in [0.25, 0.3) is 0 Å². The highest BCUT2D eigenvalue weighted by atomic mass is 32.2. The van der Waals surface area contributed by atoms with Crippen LogP contribution in [-0.4, -0.2) is 65.2 Å². The Hall–Kier alpha value is -2.61. The molecule has 1 saturated heterocycles. The molecule has 2 aliphatic heterocycles. The van der Waals surface area contributed by atoms with Gasteiger partial charge in [-0.25, -0.2) is 9.97 Å². The van der Waals surface area contributed by atoms with E-state index in [0.717, 1.165) is 16.3 Å². The van der Waals surface area contributed by atoms with Gasteiger partial charge in [-0.1, -0.05) is 12.1 Å². The number of carbonyl (C=O) groups excluding carboxylic acids is 2. The molecular weight excluding hydrogens is 362 g/mol. The molecule has 0 atom stereocenters. The summed E-state index contributed by atoms with van der Waals surface area (Å²) in [5.41, 5.74) is 0.842. The number of para-hydroxylation sites is 1. The Labute approximate surface area is 162 Å². The molecule has 0 spiro atoms. The van der Waals surface area contributed by atoms with Crippen molar-refractivity contribution >= 4 is 35.2 Å². The number of rotatable bonds is 3. The summed E-state index contributed by atoms with van der Waals surface area (Å²) in [4.78, 5) is 40.5. The van der Waals surface area contributed by atoms with Crippen LogP contribution in [0.2, 0.25) is 0 Å². The number of thioether (sulfide) groups is 1. The summed E-state index contributed by atoms with van der Waals surface area (Å²) >= 11 is 1.67. The molecule has 0 N–H and O–H groups in total. The van der Waals surface area contributed by atoms with Crippen LogP contribution in [0.3, 0.4) is 0 Å². The lowest BCUT2D eigenvalue weighted by Gasteiger charge is -2.35. The van der Waals surface area contributed by atoms with Crippen LogP contribution < -0.4 is 9.80 Å². The number of hydrogen-bond donors (Lipinski definition) is 0. The van der Waals surface area contributed by atoms with Crippen LogP contribution in [0.1, 0.15) is 6.42 Å². The molecule has 1 aromatic heterocycles. The van der Waals surface area contributed by atoms with E-state index in [4.69, 9.17) is 0 Å². The van der Waals surface area contributed by atoms with E-state index in [9.17, 15) is 9.59 Å². The number of nitrogens with zero attached hydrogens (tertiary/aromatic N) is 5. The second-order valence-electron chi connectivity index (χ2n) is 6.46. The van der Waals surface area contributed by atoms with E-state index >= 15 is 0 Å². The third-order valence-corrected chi connectivity index (χ3v) is 5.86. The number of amides is 2. The fourth-order valence-corrected chi connectivity index (χ4v) is 4.34. The van der Waals surface area contributed by atoms with Gasteiger partial charge in [-0.15, -0.1) is 11.8 Å².